The molecule has 0 heterocycles. The standard InChI is InChI=1S/C12H19N3O/c1-9(15-7-6-12(16)14-2)10-4-3-5-11(13)8-10/h3-5,8-9,15H,6-7,13H2,1-2H3,(H,14,16). The van der Waals surface area contributed by atoms with Gasteiger partial charge in [0, 0.05) is 31.7 Å². The molecule has 4 N–H and O–H groups in total. The van der Waals surface area contributed by atoms with E-state index in [9.17, 15) is 4.79 Å². The van der Waals surface area contributed by atoms with E-state index in [-0.39, 0.29) is 11.9 Å². The van der Waals surface area contributed by atoms with Crippen LogP contribution in [0.3, 0.4) is 0 Å². The normalized spacial score (nSPS) is 12.1. The molecule has 0 aliphatic carbocycles. The van der Waals surface area contributed by atoms with Crippen molar-refractivity contribution in [1.82, 2.24) is 10.6 Å². The highest BCUT2D eigenvalue weighted by Gasteiger charge is 2.05. The van der Waals surface area contributed by atoms with E-state index in [1.165, 1.54) is 0 Å². The lowest BCUT2D eigenvalue weighted by Crippen LogP contribution is -2.26. The van der Waals surface area contributed by atoms with Crippen molar-refractivity contribution in [1.29, 1.82) is 0 Å². The molecule has 0 aliphatic heterocycles. The molecular weight excluding hydrogens is 202 g/mol. The van der Waals surface area contributed by atoms with Crippen LogP contribution in [0.15, 0.2) is 24.3 Å². The Morgan fingerprint density at radius 1 is 1.50 bits per heavy atom. The maximum absolute atomic E-state index is 11.0. The first-order valence-electron chi connectivity index (χ1n) is 5.43. The molecule has 0 saturated carbocycles. The van der Waals surface area contributed by atoms with E-state index in [0.29, 0.717) is 13.0 Å². The number of nitrogen functional groups attached to an aromatic ring is 1. The quantitative estimate of drug-likeness (QED) is 0.651. The van der Waals surface area contributed by atoms with Crippen LogP contribution in [0.1, 0.15) is 24.9 Å². The fourth-order valence-corrected chi connectivity index (χ4v) is 1.47. The summed E-state index contributed by atoms with van der Waals surface area (Å²) in [6, 6.07) is 7.96. The Hall–Kier alpha value is -1.55. The largest absolute Gasteiger partial charge is 0.399 e. The fourth-order valence-electron chi connectivity index (χ4n) is 1.47. The van der Waals surface area contributed by atoms with E-state index in [0.717, 1.165) is 11.3 Å². The Bertz CT molecular complexity index is 352. The van der Waals surface area contributed by atoms with Gasteiger partial charge in [0.1, 0.15) is 0 Å². The molecule has 1 aromatic carbocycles. The Morgan fingerprint density at radius 3 is 2.88 bits per heavy atom. The number of nitrogens with two attached hydrogens (primary N) is 1. The molecule has 16 heavy (non-hydrogen) atoms. The monoisotopic (exact) mass is 221 g/mol. The molecule has 4 heteroatoms. The Kier molecular flexibility index (Phi) is 4.79. The molecule has 0 bridgehead atoms. The third-order valence-electron chi connectivity index (χ3n) is 2.49. The zero-order chi connectivity index (χ0) is 12.0. The number of nitrogens with one attached hydrogen (secondary N) is 2. The SMILES string of the molecule is CNC(=O)CCNC(C)c1cccc(N)c1. The van der Waals surface area contributed by atoms with E-state index < -0.39 is 0 Å². The van der Waals surface area contributed by atoms with Crippen LogP contribution in [0, 0.1) is 0 Å². The van der Waals surface area contributed by atoms with Crippen LogP contribution < -0.4 is 16.4 Å². The lowest BCUT2D eigenvalue weighted by molar-refractivity contribution is -0.120. The summed E-state index contributed by atoms with van der Waals surface area (Å²) in [4.78, 5) is 11.0. The first-order chi connectivity index (χ1) is 7.63. The first kappa shape index (κ1) is 12.5. The van der Waals surface area contributed by atoms with Gasteiger partial charge in [0.25, 0.3) is 0 Å². The molecule has 1 aromatic rings. The number of hydrogen-bond acceptors (Lipinski definition) is 3. The highest BCUT2D eigenvalue weighted by atomic mass is 16.1. The summed E-state index contributed by atoms with van der Waals surface area (Å²) < 4.78 is 0. The molecule has 0 fully saturated rings. The highest BCUT2D eigenvalue weighted by Crippen LogP contribution is 2.14. The molecule has 0 aromatic heterocycles. The molecule has 0 spiro atoms. The summed E-state index contributed by atoms with van der Waals surface area (Å²) in [7, 11) is 1.64. The maximum Gasteiger partial charge on any atom is 0.221 e. The van der Waals surface area contributed by atoms with Crippen molar-refractivity contribution in [2.45, 2.75) is 19.4 Å². The van der Waals surface area contributed by atoms with Crippen LogP contribution in [0.25, 0.3) is 0 Å². The molecule has 1 unspecified atom stereocenters. The zero-order valence-corrected chi connectivity index (χ0v) is 9.79. The molecule has 1 rings (SSSR count). The number of rotatable bonds is 5. The molecule has 88 valence electrons. The van der Waals surface area contributed by atoms with Gasteiger partial charge in [0.15, 0.2) is 0 Å². The smallest absolute Gasteiger partial charge is 0.221 e. The fraction of sp³-hybridized carbons (Fsp3) is 0.417. The van der Waals surface area contributed by atoms with E-state index in [1.54, 1.807) is 7.05 Å². The van der Waals surface area contributed by atoms with Gasteiger partial charge in [-0.3, -0.25) is 4.79 Å². The predicted octanol–water partition coefficient (Wildman–Crippen LogP) is 1.06. The van der Waals surface area contributed by atoms with Crippen molar-refractivity contribution in [3.63, 3.8) is 0 Å². The van der Waals surface area contributed by atoms with Crippen LogP contribution in [0.5, 0.6) is 0 Å². The molecule has 0 saturated heterocycles. The van der Waals surface area contributed by atoms with Crippen LogP contribution in [-0.4, -0.2) is 19.5 Å². The average molecular weight is 221 g/mol. The van der Waals surface area contributed by atoms with Crippen molar-refractivity contribution in [3.05, 3.63) is 29.8 Å². The van der Waals surface area contributed by atoms with Crippen LogP contribution in [0.4, 0.5) is 5.69 Å². The van der Waals surface area contributed by atoms with Crippen LogP contribution >= 0.6 is 0 Å². The number of anilines is 1. The summed E-state index contributed by atoms with van der Waals surface area (Å²) in [6.45, 7) is 2.72. The van der Waals surface area contributed by atoms with Gasteiger partial charge in [0.05, 0.1) is 0 Å². The van der Waals surface area contributed by atoms with E-state index in [4.69, 9.17) is 5.73 Å². The second-order valence-corrected chi connectivity index (χ2v) is 3.77. The molecule has 0 radical (unpaired) electrons. The van der Waals surface area contributed by atoms with Gasteiger partial charge < -0.3 is 16.4 Å². The number of hydrogen-bond donors (Lipinski definition) is 3. The lowest BCUT2D eigenvalue weighted by Gasteiger charge is -2.14. The second-order valence-electron chi connectivity index (χ2n) is 3.77. The van der Waals surface area contributed by atoms with E-state index >= 15 is 0 Å². The number of benzene rings is 1. The Morgan fingerprint density at radius 2 is 2.25 bits per heavy atom. The number of amides is 1. The van der Waals surface area contributed by atoms with Crippen molar-refractivity contribution < 1.29 is 4.79 Å². The van der Waals surface area contributed by atoms with Gasteiger partial charge in [-0.2, -0.15) is 0 Å². The molecule has 0 aliphatic rings. The summed E-state index contributed by atoms with van der Waals surface area (Å²) >= 11 is 0. The third kappa shape index (κ3) is 3.90. The lowest BCUT2D eigenvalue weighted by atomic mass is 10.1. The van der Waals surface area contributed by atoms with Crippen molar-refractivity contribution in [2.24, 2.45) is 0 Å². The molecule has 4 nitrogen and oxygen atoms in total. The van der Waals surface area contributed by atoms with Gasteiger partial charge in [-0.05, 0) is 24.6 Å². The average Bonchev–Trinajstić information content (AvgIpc) is 2.28. The predicted molar refractivity (Wildman–Crippen MR) is 66.0 cm³/mol. The molecule has 1 amide bonds. The maximum atomic E-state index is 11.0. The first-order valence-corrected chi connectivity index (χ1v) is 5.43. The van der Waals surface area contributed by atoms with Crippen molar-refractivity contribution in [2.75, 3.05) is 19.3 Å². The summed E-state index contributed by atoms with van der Waals surface area (Å²) in [5.74, 6) is 0.0484. The summed E-state index contributed by atoms with van der Waals surface area (Å²) in [6.07, 6.45) is 0.489. The van der Waals surface area contributed by atoms with E-state index in [2.05, 4.69) is 17.6 Å². The summed E-state index contributed by atoms with van der Waals surface area (Å²) in [5, 5.41) is 5.86. The molecule has 1 atom stereocenters. The highest BCUT2D eigenvalue weighted by molar-refractivity contribution is 5.75. The van der Waals surface area contributed by atoms with E-state index in [1.807, 2.05) is 24.3 Å². The van der Waals surface area contributed by atoms with Gasteiger partial charge in [-0.1, -0.05) is 12.1 Å². The van der Waals surface area contributed by atoms with Gasteiger partial charge in [0.2, 0.25) is 5.91 Å². The van der Waals surface area contributed by atoms with Gasteiger partial charge in [-0.25, -0.2) is 0 Å². The zero-order valence-electron chi connectivity index (χ0n) is 9.79. The topological polar surface area (TPSA) is 67.2 Å². The van der Waals surface area contributed by atoms with Gasteiger partial charge >= 0.3 is 0 Å². The van der Waals surface area contributed by atoms with Crippen LogP contribution in [0.2, 0.25) is 0 Å². The minimum atomic E-state index is 0.0484. The second kappa shape index (κ2) is 6.12. The number of carbonyl (C=O) groups excluding carboxylic acids is 1. The number of carbonyl (C=O) groups is 1. The Labute approximate surface area is 96.2 Å². The Balaban J connectivity index is 2.40. The third-order valence-corrected chi connectivity index (χ3v) is 2.49. The van der Waals surface area contributed by atoms with Crippen molar-refractivity contribution >= 4 is 11.6 Å². The minimum Gasteiger partial charge on any atom is -0.399 e. The molecular formula is C12H19N3O. The summed E-state index contributed by atoms with van der Waals surface area (Å²) in [5.41, 5.74) is 7.60. The minimum absolute atomic E-state index is 0.0484. The van der Waals surface area contributed by atoms with Crippen molar-refractivity contribution in [3.8, 4) is 0 Å². The van der Waals surface area contributed by atoms with Gasteiger partial charge in [-0.15, -0.1) is 0 Å². The van der Waals surface area contributed by atoms with Crippen LogP contribution in [-0.2, 0) is 4.79 Å².